The van der Waals surface area contributed by atoms with Gasteiger partial charge in [0.25, 0.3) is 0 Å². The molecule has 21 heavy (non-hydrogen) atoms. The molecule has 3 aliphatic rings. The van der Waals surface area contributed by atoms with Crippen molar-refractivity contribution in [3.63, 3.8) is 0 Å². The molecule has 0 amide bonds. The number of benzene rings is 1. The number of nitrogens with zero attached hydrogens (tertiary/aromatic N) is 1. The number of hydrogen-bond donors (Lipinski definition) is 1. The second kappa shape index (κ2) is 5.17. The van der Waals surface area contributed by atoms with E-state index in [1.54, 1.807) is 7.11 Å². The summed E-state index contributed by atoms with van der Waals surface area (Å²) in [5, 5.41) is 1.26. The van der Waals surface area contributed by atoms with Crippen molar-refractivity contribution in [2.45, 2.75) is 24.8 Å². The van der Waals surface area contributed by atoms with Gasteiger partial charge >= 0.3 is 0 Å². The summed E-state index contributed by atoms with van der Waals surface area (Å²) in [5.74, 6) is 1.07. The average Bonchev–Trinajstić information content (AvgIpc) is 2.63. The Kier molecular flexibility index (Phi) is 3.42. The molecule has 0 spiro atoms. The standard InChI is InChI=1S/C16H18Cl2N2O/c1-21-19-15-8-20-7-10-4-11(20)6-12(16(10)15)9-2-3-13(17)14(18)5-9/h2-3,5,10-12,19H,4,6-8H2,1H3/t10?,11-,12-/m1/s1. The SMILES string of the molecule is CONC1=C2C3C[C@H](C[C@@H]2c2ccc(Cl)c(Cl)c2)N(C1)C3. The van der Waals surface area contributed by atoms with Crippen LogP contribution in [0.3, 0.4) is 0 Å². The van der Waals surface area contributed by atoms with Gasteiger partial charge in [0.2, 0.25) is 0 Å². The van der Waals surface area contributed by atoms with Gasteiger partial charge in [-0.1, -0.05) is 29.3 Å². The van der Waals surface area contributed by atoms with Gasteiger partial charge in [-0.05, 0) is 42.0 Å². The minimum absolute atomic E-state index is 0.425. The maximum absolute atomic E-state index is 6.22. The molecular weight excluding hydrogens is 307 g/mol. The molecule has 1 saturated carbocycles. The zero-order valence-electron chi connectivity index (χ0n) is 11.9. The van der Waals surface area contributed by atoms with Crippen molar-refractivity contribution in [2.24, 2.45) is 5.92 Å². The second-order valence-electron chi connectivity index (χ2n) is 6.22. The highest BCUT2D eigenvalue weighted by molar-refractivity contribution is 6.42. The molecule has 1 aromatic rings. The van der Waals surface area contributed by atoms with E-state index in [-0.39, 0.29) is 0 Å². The van der Waals surface area contributed by atoms with Gasteiger partial charge in [0.15, 0.2) is 0 Å². The molecular formula is C16H18Cl2N2O. The third kappa shape index (κ3) is 2.18. The molecule has 1 saturated heterocycles. The molecule has 0 aromatic heterocycles. The number of hydroxylamine groups is 1. The zero-order chi connectivity index (χ0) is 14.6. The van der Waals surface area contributed by atoms with Crippen LogP contribution in [0.2, 0.25) is 10.0 Å². The van der Waals surface area contributed by atoms with E-state index in [0.29, 0.717) is 27.9 Å². The van der Waals surface area contributed by atoms with Crippen LogP contribution in [0.4, 0.5) is 0 Å². The lowest BCUT2D eigenvalue weighted by molar-refractivity contribution is 0.105. The Labute approximate surface area is 134 Å². The first-order chi connectivity index (χ1) is 10.2. The molecule has 2 unspecified atom stereocenters. The lowest BCUT2D eigenvalue weighted by Crippen LogP contribution is -2.35. The Morgan fingerprint density at radius 2 is 2.10 bits per heavy atom. The number of fused-ring (bicyclic) bond motifs is 3. The molecule has 5 heteroatoms. The fourth-order valence-electron chi connectivity index (χ4n) is 4.34. The van der Waals surface area contributed by atoms with E-state index in [2.05, 4.69) is 16.4 Å². The smallest absolute Gasteiger partial charge is 0.0636 e. The van der Waals surface area contributed by atoms with Crippen LogP contribution in [0, 0.1) is 5.92 Å². The summed E-state index contributed by atoms with van der Waals surface area (Å²) in [7, 11) is 1.68. The molecule has 1 N–H and O–H groups in total. The van der Waals surface area contributed by atoms with Crippen LogP contribution in [0.25, 0.3) is 0 Å². The van der Waals surface area contributed by atoms with Crippen LogP contribution in [0.15, 0.2) is 29.5 Å². The summed E-state index contributed by atoms with van der Waals surface area (Å²) >= 11 is 12.3. The molecule has 1 aromatic carbocycles. The molecule has 112 valence electrons. The molecule has 3 nitrogen and oxygen atoms in total. The molecule has 2 fully saturated rings. The van der Waals surface area contributed by atoms with Gasteiger partial charge in [-0.2, -0.15) is 0 Å². The van der Waals surface area contributed by atoms with Crippen LogP contribution in [0.1, 0.15) is 24.3 Å². The quantitative estimate of drug-likeness (QED) is 0.860. The molecule has 4 atom stereocenters. The highest BCUT2D eigenvalue weighted by Crippen LogP contribution is 2.51. The van der Waals surface area contributed by atoms with Gasteiger partial charge in [-0.3, -0.25) is 15.2 Å². The molecule has 0 radical (unpaired) electrons. The lowest BCUT2D eigenvalue weighted by atomic mass is 9.73. The summed E-state index contributed by atoms with van der Waals surface area (Å²) in [4.78, 5) is 7.78. The van der Waals surface area contributed by atoms with Crippen LogP contribution in [0.5, 0.6) is 0 Å². The predicted molar refractivity (Wildman–Crippen MR) is 84.5 cm³/mol. The fraction of sp³-hybridized carbons (Fsp3) is 0.500. The van der Waals surface area contributed by atoms with Gasteiger partial charge in [-0.25, -0.2) is 0 Å². The normalized spacial score (nSPS) is 33.7. The first kappa shape index (κ1) is 13.9. The fourth-order valence-corrected chi connectivity index (χ4v) is 4.65. The van der Waals surface area contributed by atoms with Gasteiger partial charge < -0.3 is 0 Å². The van der Waals surface area contributed by atoms with E-state index in [9.17, 15) is 0 Å². The number of hydrogen-bond acceptors (Lipinski definition) is 3. The Bertz CT molecular complexity index is 614. The number of halogens is 2. The third-order valence-electron chi connectivity index (χ3n) is 5.13. The van der Waals surface area contributed by atoms with Crippen molar-refractivity contribution < 1.29 is 4.84 Å². The highest BCUT2D eigenvalue weighted by atomic mass is 35.5. The third-order valence-corrected chi connectivity index (χ3v) is 5.87. The summed E-state index contributed by atoms with van der Waals surface area (Å²) in [6.45, 7) is 2.16. The van der Waals surface area contributed by atoms with Crippen molar-refractivity contribution in [3.8, 4) is 0 Å². The lowest BCUT2D eigenvalue weighted by Gasteiger charge is -2.32. The van der Waals surface area contributed by atoms with Gasteiger partial charge in [0, 0.05) is 25.0 Å². The topological polar surface area (TPSA) is 24.5 Å². The predicted octanol–water partition coefficient (Wildman–Crippen LogP) is 3.59. The van der Waals surface area contributed by atoms with E-state index in [1.807, 2.05) is 12.1 Å². The second-order valence-corrected chi connectivity index (χ2v) is 7.03. The van der Waals surface area contributed by atoms with Gasteiger partial charge in [-0.15, -0.1) is 0 Å². The van der Waals surface area contributed by atoms with Crippen LogP contribution in [-0.2, 0) is 4.84 Å². The Hall–Kier alpha value is -0.740. The Morgan fingerprint density at radius 3 is 2.86 bits per heavy atom. The highest BCUT2D eigenvalue weighted by Gasteiger charge is 2.47. The first-order valence-electron chi connectivity index (χ1n) is 7.38. The maximum atomic E-state index is 6.22. The van der Waals surface area contributed by atoms with E-state index in [0.717, 1.165) is 6.54 Å². The van der Waals surface area contributed by atoms with E-state index in [4.69, 9.17) is 28.0 Å². The first-order valence-corrected chi connectivity index (χ1v) is 8.14. The van der Waals surface area contributed by atoms with Crippen LogP contribution >= 0.6 is 23.2 Å². The maximum Gasteiger partial charge on any atom is 0.0636 e. The average molecular weight is 325 g/mol. The van der Waals surface area contributed by atoms with Crippen LogP contribution < -0.4 is 5.48 Å². The van der Waals surface area contributed by atoms with Crippen molar-refractivity contribution in [1.29, 1.82) is 0 Å². The van der Waals surface area contributed by atoms with Crippen molar-refractivity contribution in [2.75, 3.05) is 20.2 Å². The monoisotopic (exact) mass is 324 g/mol. The van der Waals surface area contributed by atoms with Crippen molar-refractivity contribution in [3.05, 3.63) is 45.1 Å². The summed E-state index contributed by atoms with van der Waals surface area (Å²) < 4.78 is 0. The minimum atomic E-state index is 0.425. The van der Waals surface area contributed by atoms with E-state index >= 15 is 0 Å². The summed E-state index contributed by atoms with van der Waals surface area (Å²) in [6.07, 6.45) is 2.45. The van der Waals surface area contributed by atoms with E-state index < -0.39 is 0 Å². The largest absolute Gasteiger partial charge is 0.294 e. The van der Waals surface area contributed by atoms with E-state index in [1.165, 1.54) is 36.2 Å². The van der Waals surface area contributed by atoms with Gasteiger partial charge in [0.1, 0.15) is 0 Å². The number of rotatable bonds is 3. The Balaban J connectivity index is 1.78. The zero-order valence-corrected chi connectivity index (χ0v) is 13.4. The molecule has 2 heterocycles. The van der Waals surface area contributed by atoms with Crippen molar-refractivity contribution >= 4 is 23.2 Å². The summed E-state index contributed by atoms with van der Waals surface area (Å²) in [5.41, 5.74) is 7.14. The number of nitrogens with one attached hydrogen (secondary N) is 1. The van der Waals surface area contributed by atoms with Gasteiger partial charge in [0.05, 0.1) is 22.9 Å². The Morgan fingerprint density at radius 1 is 1.24 bits per heavy atom. The molecule has 4 rings (SSSR count). The van der Waals surface area contributed by atoms with Crippen LogP contribution in [-0.4, -0.2) is 31.1 Å². The molecule has 2 aliphatic heterocycles. The minimum Gasteiger partial charge on any atom is -0.294 e. The summed E-state index contributed by atoms with van der Waals surface area (Å²) in [6, 6.07) is 6.73. The molecule has 1 aliphatic carbocycles. The molecule has 3 bridgehead atoms. The van der Waals surface area contributed by atoms with Crippen molar-refractivity contribution in [1.82, 2.24) is 10.4 Å².